The maximum absolute atomic E-state index is 12.4. The molecule has 6 heteroatoms. The van der Waals surface area contributed by atoms with Gasteiger partial charge in [-0.3, -0.25) is 0 Å². The summed E-state index contributed by atoms with van der Waals surface area (Å²) in [6.07, 6.45) is 0.864. The smallest absolute Gasteiger partial charge is 0.333 e. The van der Waals surface area contributed by atoms with Gasteiger partial charge in [0.05, 0.1) is 12.3 Å². The molecule has 1 heterocycles. The van der Waals surface area contributed by atoms with Crippen molar-refractivity contribution in [2.45, 2.75) is 24.8 Å². The van der Waals surface area contributed by atoms with Crippen molar-refractivity contribution in [3.63, 3.8) is 0 Å². The van der Waals surface area contributed by atoms with E-state index in [9.17, 15) is 12.3 Å². The lowest BCUT2D eigenvalue weighted by Crippen LogP contribution is -2.07. The van der Waals surface area contributed by atoms with Crippen molar-refractivity contribution in [1.82, 2.24) is 4.98 Å². The van der Waals surface area contributed by atoms with Gasteiger partial charge in [-0.2, -0.15) is 8.42 Å². The van der Waals surface area contributed by atoms with E-state index in [1.165, 1.54) is 6.07 Å². The summed E-state index contributed by atoms with van der Waals surface area (Å²) in [5.74, 6) is 0.271. The molecule has 0 saturated carbocycles. The van der Waals surface area contributed by atoms with Crippen molar-refractivity contribution in [2.24, 2.45) is 0 Å². The normalized spacial score (nSPS) is 11.7. The average Bonchev–Trinajstić information content (AvgIpc) is 2.02. The monoisotopic (exact) mass is 219 g/mol. The lowest BCUT2D eigenvalue weighted by atomic mass is 10.4. The van der Waals surface area contributed by atoms with Gasteiger partial charge in [-0.15, -0.1) is 3.89 Å². The van der Waals surface area contributed by atoms with E-state index < -0.39 is 15.1 Å². The fourth-order valence-corrected chi connectivity index (χ4v) is 1.23. The Morgan fingerprint density at radius 3 is 2.43 bits per heavy atom. The molecular formula is C8H10FNO3S. The Balaban J connectivity index is 2.90. The van der Waals surface area contributed by atoms with E-state index in [0.29, 0.717) is 0 Å². The van der Waals surface area contributed by atoms with Crippen LogP contribution in [0.5, 0.6) is 5.88 Å². The number of pyridine rings is 1. The lowest BCUT2D eigenvalue weighted by Gasteiger charge is -2.07. The largest absolute Gasteiger partial charge is 0.475 e. The second-order valence-electron chi connectivity index (χ2n) is 2.94. The topological polar surface area (TPSA) is 56.3 Å². The Morgan fingerprint density at radius 1 is 1.43 bits per heavy atom. The molecule has 0 aliphatic rings. The standard InChI is InChI=1S/C8H10FNO3S/c1-6(2)13-8-4-3-7(5-10-8)14(9,11)12/h3-6H,1-2H3. The maximum Gasteiger partial charge on any atom is 0.333 e. The van der Waals surface area contributed by atoms with E-state index in [0.717, 1.165) is 12.3 Å². The number of hydrogen-bond donors (Lipinski definition) is 0. The number of nitrogens with zero attached hydrogens (tertiary/aromatic N) is 1. The fraction of sp³-hybridized carbons (Fsp3) is 0.375. The third-order valence-electron chi connectivity index (χ3n) is 1.35. The summed E-state index contributed by atoms with van der Waals surface area (Å²) in [5, 5.41) is 0. The summed E-state index contributed by atoms with van der Waals surface area (Å²) in [6, 6.07) is 2.42. The first kappa shape index (κ1) is 10.9. The van der Waals surface area contributed by atoms with Gasteiger partial charge in [-0.1, -0.05) is 0 Å². The molecule has 14 heavy (non-hydrogen) atoms. The van der Waals surface area contributed by atoms with E-state index >= 15 is 0 Å². The Kier molecular flexibility index (Phi) is 3.05. The van der Waals surface area contributed by atoms with Gasteiger partial charge in [0, 0.05) is 6.07 Å². The van der Waals surface area contributed by atoms with E-state index in [1.54, 1.807) is 0 Å². The molecule has 1 aromatic rings. The molecule has 0 fully saturated rings. The Morgan fingerprint density at radius 2 is 2.07 bits per heavy atom. The summed E-state index contributed by atoms with van der Waals surface area (Å²) < 4.78 is 38.4. The summed E-state index contributed by atoms with van der Waals surface area (Å²) >= 11 is 0. The molecule has 0 aliphatic heterocycles. The van der Waals surface area contributed by atoms with Crippen LogP contribution < -0.4 is 4.74 Å². The predicted octanol–water partition coefficient (Wildman–Crippen LogP) is 1.53. The Labute approximate surface area is 81.9 Å². The van der Waals surface area contributed by atoms with Gasteiger partial charge in [0.25, 0.3) is 0 Å². The van der Waals surface area contributed by atoms with Crippen LogP contribution in [0.3, 0.4) is 0 Å². The van der Waals surface area contributed by atoms with Crippen LogP contribution in [-0.4, -0.2) is 19.5 Å². The van der Waals surface area contributed by atoms with Gasteiger partial charge in [-0.05, 0) is 19.9 Å². The van der Waals surface area contributed by atoms with Gasteiger partial charge < -0.3 is 4.74 Å². The third kappa shape index (κ3) is 2.95. The highest BCUT2D eigenvalue weighted by Gasteiger charge is 2.12. The van der Waals surface area contributed by atoms with Crippen molar-refractivity contribution in [2.75, 3.05) is 0 Å². The summed E-state index contributed by atoms with van der Waals surface area (Å²) in [5.41, 5.74) is 0. The second kappa shape index (κ2) is 3.91. The number of ether oxygens (including phenoxy) is 1. The van der Waals surface area contributed by atoms with Crippen LogP contribution in [0.1, 0.15) is 13.8 Å². The lowest BCUT2D eigenvalue weighted by molar-refractivity contribution is 0.232. The van der Waals surface area contributed by atoms with Crippen LogP contribution in [0.15, 0.2) is 23.2 Å². The van der Waals surface area contributed by atoms with Gasteiger partial charge in [0.2, 0.25) is 5.88 Å². The maximum atomic E-state index is 12.4. The van der Waals surface area contributed by atoms with E-state index in [-0.39, 0.29) is 12.0 Å². The molecule has 0 unspecified atom stereocenters. The summed E-state index contributed by atoms with van der Waals surface area (Å²) in [4.78, 5) is 3.18. The van der Waals surface area contributed by atoms with Crippen LogP contribution in [0, 0.1) is 0 Å². The highest BCUT2D eigenvalue weighted by Crippen LogP contribution is 2.14. The molecule has 0 atom stereocenters. The first-order valence-corrected chi connectivity index (χ1v) is 5.35. The average molecular weight is 219 g/mol. The Hall–Kier alpha value is -1.17. The molecule has 0 radical (unpaired) electrons. The Bertz CT molecular complexity index is 399. The molecule has 4 nitrogen and oxygen atoms in total. The van der Waals surface area contributed by atoms with Gasteiger partial charge >= 0.3 is 10.2 Å². The van der Waals surface area contributed by atoms with E-state index in [1.807, 2.05) is 13.8 Å². The minimum atomic E-state index is -4.67. The third-order valence-corrected chi connectivity index (χ3v) is 2.15. The number of halogens is 1. The van der Waals surface area contributed by atoms with Crippen LogP contribution in [0.2, 0.25) is 0 Å². The number of rotatable bonds is 3. The molecule has 0 spiro atoms. The quantitative estimate of drug-likeness (QED) is 0.723. The minimum absolute atomic E-state index is 0.0599. The zero-order chi connectivity index (χ0) is 10.8. The molecule has 0 amide bonds. The molecular weight excluding hydrogens is 209 g/mol. The number of hydrogen-bond acceptors (Lipinski definition) is 4. The fourth-order valence-electron chi connectivity index (χ4n) is 0.822. The summed E-state index contributed by atoms with van der Waals surface area (Å²) in [7, 11) is -4.67. The van der Waals surface area contributed by atoms with E-state index in [4.69, 9.17) is 4.74 Å². The van der Waals surface area contributed by atoms with Crippen molar-refractivity contribution < 1.29 is 17.0 Å². The highest BCUT2D eigenvalue weighted by molar-refractivity contribution is 7.86. The molecule has 1 aromatic heterocycles. The highest BCUT2D eigenvalue weighted by atomic mass is 32.3. The van der Waals surface area contributed by atoms with Crippen molar-refractivity contribution in [3.8, 4) is 5.88 Å². The van der Waals surface area contributed by atoms with Gasteiger partial charge in [-0.25, -0.2) is 4.98 Å². The van der Waals surface area contributed by atoms with E-state index in [2.05, 4.69) is 4.98 Å². The zero-order valence-electron chi connectivity index (χ0n) is 7.77. The van der Waals surface area contributed by atoms with Crippen molar-refractivity contribution in [3.05, 3.63) is 18.3 Å². The van der Waals surface area contributed by atoms with Crippen molar-refractivity contribution in [1.29, 1.82) is 0 Å². The van der Waals surface area contributed by atoms with Gasteiger partial charge in [0.15, 0.2) is 0 Å². The molecule has 0 aromatic carbocycles. The van der Waals surface area contributed by atoms with Crippen LogP contribution >= 0.6 is 0 Å². The molecule has 0 N–H and O–H groups in total. The molecule has 0 saturated heterocycles. The molecule has 1 rings (SSSR count). The zero-order valence-corrected chi connectivity index (χ0v) is 8.58. The van der Waals surface area contributed by atoms with Gasteiger partial charge in [0.1, 0.15) is 4.90 Å². The van der Waals surface area contributed by atoms with Crippen LogP contribution in [0.25, 0.3) is 0 Å². The van der Waals surface area contributed by atoms with Crippen LogP contribution in [0.4, 0.5) is 3.89 Å². The molecule has 78 valence electrons. The second-order valence-corrected chi connectivity index (χ2v) is 4.28. The predicted molar refractivity (Wildman–Crippen MR) is 48.3 cm³/mol. The summed E-state index contributed by atoms with van der Waals surface area (Å²) in [6.45, 7) is 3.61. The van der Waals surface area contributed by atoms with Crippen molar-refractivity contribution >= 4 is 10.2 Å². The first-order chi connectivity index (χ1) is 6.39. The molecule has 0 bridgehead atoms. The molecule has 0 aliphatic carbocycles. The minimum Gasteiger partial charge on any atom is -0.475 e. The first-order valence-electron chi connectivity index (χ1n) is 3.97. The van der Waals surface area contributed by atoms with Crippen LogP contribution in [-0.2, 0) is 10.2 Å². The number of aromatic nitrogens is 1. The SMILES string of the molecule is CC(C)Oc1ccc(S(=O)(=O)F)cn1.